The van der Waals surface area contributed by atoms with E-state index in [2.05, 4.69) is 495 Å². The van der Waals surface area contributed by atoms with Crippen molar-refractivity contribution < 1.29 is 0 Å². The molecule has 668 valence electrons. The third-order valence-corrected chi connectivity index (χ3v) is 29.8. The first kappa shape index (κ1) is 80.5. The van der Waals surface area contributed by atoms with E-state index in [0.717, 1.165) is 149 Å². The highest BCUT2D eigenvalue weighted by Gasteiger charge is 2.29. The Balaban J connectivity index is 0.000000101. The molecule has 0 saturated carbocycles. The first-order valence-corrected chi connectivity index (χ1v) is 49.0. The van der Waals surface area contributed by atoms with Crippen LogP contribution in [0, 0.1) is 0 Å². The Hall–Kier alpha value is -19.6. The Labute approximate surface area is 822 Å². The van der Waals surface area contributed by atoms with E-state index in [9.17, 15) is 0 Å². The molecule has 0 amide bonds. The molecule has 0 aliphatic rings. The maximum absolute atomic E-state index is 5.50. The molecule has 32 aromatic rings. The fraction of sp³-hybridized carbons (Fsp3) is 0. The van der Waals surface area contributed by atoms with Gasteiger partial charge in [0.05, 0.1) is 106 Å². The molecule has 0 fully saturated rings. The monoisotopic (exact) mass is 1830 g/mol. The number of aromatic nitrogens is 12. The third-order valence-electron chi connectivity index (χ3n) is 29.8. The Morgan fingerprint density at radius 1 is 0.125 bits per heavy atom. The van der Waals surface area contributed by atoms with Gasteiger partial charge < -0.3 is 13.7 Å². The molecule has 0 bridgehead atoms. The molecule has 9 aromatic heterocycles. The number of fused-ring (bicyclic) bond motifs is 39. The summed E-state index contributed by atoms with van der Waals surface area (Å²) in [4.78, 5) is 31.9. The summed E-state index contributed by atoms with van der Waals surface area (Å²) >= 11 is 0. The molecule has 144 heavy (non-hydrogen) atoms. The lowest BCUT2D eigenvalue weighted by molar-refractivity contribution is 1.01. The van der Waals surface area contributed by atoms with Crippen LogP contribution in [0.1, 0.15) is 0 Å². The van der Waals surface area contributed by atoms with Crippen LogP contribution in [0.15, 0.2) is 486 Å². The van der Waals surface area contributed by atoms with Crippen LogP contribution in [0.3, 0.4) is 0 Å². The van der Waals surface area contributed by atoms with E-state index in [1.807, 2.05) is 18.6 Å². The van der Waals surface area contributed by atoms with Gasteiger partial charge in [-0.3, -0.25) is 23.7 Å². The molecule has 0 aliphatic heterocycles. The number of hydrogen-bond acceptors (Lipinski definition) is 6. The Morgan fingerprint density at radius 2 is 0.347 bits per heavy atom. The van der Waals surface area contributed by atoms with Crippen molar-refractivity contribution in [1.82, 2.24) is 57.3 Å². The van der Waals surface area contributed by atoms with E-state index < -0.39 is 0 Å². The molecule has 0 atom stereocenters. The summed E-state index contributed by atoms with van der Waals surface area (Å²) in [5.74, 6) is 2.27. The number of nitrogens with zero attached hydrogens (tertiary/aromatic N) is 12. The maximum Gasteiger partial charge on any atom is 0.235 e. The van der Waals surface area contributed by atoms with E-state index in [1.165, 1.54) is 130 Å². The Bertz CT molecular complexity index is 10500. The van der Waals surface area contributed by atoms with Crippen molar-refractivity contribution in [3.8, 4) is 56.9 Å². The number of hydrogen-bond donors (Lipinski definition) is 0. The number of rotatable bonds is 8. The van der Waals surface area contributed by atoms with Gasteiger partial charge in [-0.25, -0.2) is 19.9 Å². The molecule has 0 unspecified atom stereocenters. The van der Waals surface area contributed by atoms with Crippen LogP contribution in [0.2, 0.25) is 0 Å². The van der Waals surface area contributed by atoms with Gasteiger partial charge >= 0.3 is 0 Å². The summed E-state index contributed by atoms with van der Waals surface area (Å²) in [7, 11) is 0. The molecule has 0 aliphatic carbocycles. The van der Waals surface area contributed by atoms with Crippen molar-refractivity contribution >= 4 is 228 Å². The van der Waals surface area contributed by atoms with Crippen molar-refractivity contribution in [3.05, 3.63) is 486 Å². The topological polar surface area (TPSA) is 107 Å². The van der Waals surface area contributed by atoms with Crippen LogP contribution in [-0.2, 0) is 0 Å². The minimum atomic E-state index is 0.660. The molecule has 0 spiro atoms. The second-order valence-corrected chi connectivity index (χ2v) is 37.4. The van der Waals surface area contributed by atoms with Crippen LogP contribution >= 0.6 is 0 Å². The highest BCUT2D eigenvalue weighted by atomic mass is 15.2. The van der Waals surface area contributed by atoms with Crippen LogP contribution in [-0.4, -0.2) is 57.3 Å². The lowest BCUT2D eigenvalue weighted by Gasteiger charge is -2.14. The van der Waals surface area contributed by atoms with E-state index in [4.69, 9.17) is 29.9 Å². The lowest BCUT2D eigenvalue weighted by atomic mass is 9.98. The summed E-state index contributed by atoms with van der Waals surface area (Å²) in [5.41, 5.74) is 26.4. The largest absolute Gasteiger partial charge is 0.307 e. The zero-order valence-corrected chi connectivity index (χ0v) is 77.6. The second kappa shape index (κ2) is 32.0. The normalized spacial score (nSPS) is 12.0. The van der Waals surface area contributed by atoms with Crippen LogP contribution in [0.5, 0.6) is 0 Å². The van der Waals surface area contributed by atoms with Gasteiger partial charge in [-0.15, -0.1) is 0 Å². The van der Waals surface area contributed by atoms with Gasteiger partial charge in [0, 0.05) is 120 Å². The molecule has 0 radical (unpaired) electrons. The average Bonchev–Trinajstić information content (AvgIpc) is 1.54. The molecule has 32 rings (SSSR count). The molecular formula is C132H80N12. The van der Waals surface area contributed by atoms with Crippen LogP contribution in [0.25, 0.3) is 285 Å². The lowest BCUT2D eigenvalue weighted by Crippen LogP contribution is -2.03. The van der Waals surface area contributed by atoms with Crippen molar-refractivity contribution in [2.24, 2.45) is 0 Å². The van der Waals surface area contributed by atoms with E-state index >= 15 is 0 Å². The van der Waals surface area contributed by atoms with Gasteiger partial charge in [-0.1, -0.05) is 394 Å². The molecule has 0 saturated heterocycles. The van der Waals surface area contributed by atoms with Crippen molar-refractivity contribution in [2.75, 3.05) is 0 Å². The standard InChI is InChI=1S/2C46H28N4.C40H24N4/c1-2-12-29(13-3-1)30-22-24-31(25-23-30)49-40-20-10-8-16-34(40)38-26-27-39-35-17-9-11-21-41(35)50(46(39)45(38)49)42-28-47-43-36-18-6-4-14-32(36)33-15-5-7-19-37(33)44(43)48-42;1-2-12-29(13-3-1)30-22-24-31(25-23-30)49-41-20-10-8-17-35(41)38-26-27-39-36-18-9-11-21-42(36)50(45(39)44(38)49)46-47-28-40-34-16-5-4-14-32(34)33-15-6-7-19-37(33)43(40)48-46;1-2-12-25(13-3-1)43-34-20-10-8-16-28(34)32-22-23-33-29-17-9-11-21-35(29)44(40(33)39(32)43)36-24-41-37-30-18-6-4-14-26(30)27-15-5-7-19-31(27)38(37)42-36/h2*1-28H;1-24H. The van der Waals surface area contributed by atoms with Crippen LogP contribution < -0.4 is 0 Å². The molecule has 23 aromatic carbocycles. The summed E-state index contributed by atoms with van der Waals surface area (Å²) in [6, 6.07) is 167. The van der Waals surface area contributed by atoms with Gasteiger partial charge in [0.1, 0.15) is 0 Å². The van der Waals surface area contributed by atoms with E-state index in [1.54, 1.807) is 0 Å². The fourth-order valence-electron chi connectivity index (χ4n) is 23.6. The van der Waals surface area contributed by atoms with Gasteiger partial charge in [0.2, 0.25) is 5.95 Å². The predicted molar refractivity (Wildman–Crippen MR) is 601 cm³/mol. The zero-order chi connectivity index (χ0) is 94.3. The highest BCUT2D eigenvalue weighted by Crippen LogP contribution is 2.49. The van der Waals surface area contributed by atoms with Gasteiger partial charge in [-0.2, -0.15) is 0 Å². The molecule has 12 heteroatoms. The molecule has 12 nitrogen and oxygen atoms in total. The van der Waals surface area contributed by atoms with Gasteiger partial charge in [-0.05, 0) is 133 Å². The summed E-state index contributed by atoms with van der Waals surface area (Å²) in [5, 5.41) is 29.4. The molecule has 0 N–H and O–H groups in total. The minimum absolute atomic E-state index is 0.660. The summed E-state index contributed by atoms with van der Waals surface area (Å²) in [6.07, 6.45) is 5.92. The third kappa shape index (κ3) is 12.1. The first-order chi connectivity index (χ1) is 71.5. The van der Waals surface area contributed by atoms with Crippen molar-refractivity contribution in [1.29, 1.82) is 0 Å². The van der Waals surface area contributed by atoms with E-state index in [-0.39, 0.29) is 0 Å². The average molecular weight is 1830 g/mol. The van der Waals surface area contributed by atoms with Crippen molar-refractivity contribution in [3.63, 3.8) is 0 Å². The highest BCUT2D eigenvalue weighted by molar-refractivity contribution is 6.31. The zero-order valence-electron chi connectivity index (χ0n) is 77.6. The second-order valence-electron chi connectivity index (χ2n) is 37.4. The quantitative estimate of drug-likeness (QED) is 0.140. The smallest absolute Gasteiger partial charge is 0.235 e. The first-order valence-electron chi connectivity index (χ1n) is 49.0. The van der Waals surface area contributed by atoms with Crippen LogP contribution in [0.4, 0.5) is 0 Å². The number of benzene rings is 23. The van der Waals surface area contributed by atoms with Crippen molar-refractivity contribution in [2.45, 2.75) is 0 Å². The summed E-state index contributed by atoms with van der Waals surface area (Å²) in [6.45, 7) is 0. The SMILES string of the molecule is c1ccc(-c2ccc(-n3c4ccccc4c4ccc5c6ccccc6n(-c6cnc7c8ccccc8c8ccccc8c7n6)c5c43)cc2)cc1.c1ccc(-c2ccc(-n3c4ccccc4c4ccc5c6ccccc6n(-c6ncc7c8ccccc8c8ccccc8c7n6)c5c43)cc2)cc1.c1ccc(-n2c3ccccc3c3ccc4c5ccccc5n(-c5cnc6c7ccccc7c7ccccc7c6n5)c4c32)cc1. The summed E-state index contributed by atoms with van der Waals surface area (Å²) < 4.78 is 14.2. The Kier molecular flexibility index (Phi) is 17.9. The molecular weight excluding hydrogens is 1750 g/mol. The fourth-order valence-corrected chi connectivity index (χ4v) is 23.6. The number of para-hydroxylation sites is 7. The molecule has 9 heterocycles. The predicted octanol–water partition coefficient (Wildman–Crippen LogP) is 33.7. The van der Waals surface area contributed by atoms with E-state index in [0.29, 0.717) is 5.95 Å². The Morgan fingerprint density at radius 3 is 0.674 bits per heavy atom. The maximum atomic E-state index is 5.50. The van der Waals surface area contributed by atoms with Gasteiger partial charge in [0.15, 0.2) is 11.6 Å². The minimum Gasteiger partial charge on any atom is -0.307 e. The van der Waals surface area contributed by atoms with Gasteiger partial charge in [0.25, 0.3) is 0 Å².